The predicted octanol–water partition coefficient (Wildman–Crippen LogP) is 3.56. The Kier molecular flexibility index (Phi) is 6.36. The highest BCUT2D eigenvalue weighted by molar-refractivity contribution is 7.98. The van der Waals surface area contributed by atoms with Crippen molar-refractivity contribution in [2.45, 2.75) is 23.2 Å². The minimum Gasteiger partial charge on any atom is -0.493 e. The van der Waals surface area contributed by atoms with Gasteiger partial charge in [0.1, 0.15) is 5.82 Å². The van der Waals surface area contributed by atoms with Crippen LogP contribution in [0.4, 0.5) is 5.82 Å². The molecule has 2 heterocycles. The number of carbonyl (C=O) groups is 1. The second-order valence-electron chi connectivity index (χ2n) is 7.14. The van der Waals surface area contributed by atoms with Gasteiger partial charge in [0.2, 0.25) is 11.7 Å². The monoisotopic (exact) mass is 453 g/mol. The highest BCUT2D eigenvalue weighted by atomic mass is 32.2. The molecule has 166 valence electrons. The van der Waals surface area contributed by atoms with Gasteiger partial charge in [-0.15, -0.1) is 0 Å². The third-order valence-corrected chi connectivity index (χ3v) is 6.20. The molecule has 1 aliphatic heterocycles. The van der Waals surface area contributed by atoms with E-state index >= 15 is 0 Å². The average Bonchev–Trinajstić information content (AvgIpc) is 2.81. The highest BCUT2D eigenvalue weighted by Gasteiger charge is 2.34. The van der Waals surface area contributed by atoms with Crippen molar-refractivity contribution in [1.29, 1.82) is 0 Å². The summed E-state index contributed by atoms with van der Waals surface area (Å²) in [6, 6.07) is 13.4. The third kappa shape index (κ3) is 4.16. The molecule has 1 aliphatic rings. The largest absolute Gasteiger partial charge is 0.493 e. The summed E-state index contributed by atoms with van der Waals surface area (Å²) < 4.78 is 16.4. The Morgan fingerprint density at radius 3 is 2.44 bits per heavy atom. The molecule has 2 aromatic carbocycles. The SMILES string of the molecule is COc1ccc(C2CC(=O)Nc3nc(SCc4ccccc4)[nH]c(=O)c32)c(OC)c1OC. The standard InChI is InChI=1S/C23H23N3O5S/c1-29-16-10-9-14(19(30-2)20(16)31-3)15-11-17(27)24-21-18(15)22(28)26-23(25-21)32-12-13-7-5-4-6-8-13/h4-10,15H,11-12H2,1-3H3,(H2,24,25,26,27,28). The summed E-state index contributed by atoms with van der Waals surface area (Å²) in [5, 5.41) is 3.19. The van der Waals surface area contributed by atoms with Crippen molar-refractivity contribution in [1.82, 2.24) is 9.97 Å². The number of hydrogen-bond acceptors (Lipinski definition) is 7. The summed E-state index contributed by atoms with van der Waals surface area (Å²) in [5.74, 6) is 1.45. The lowest BCUT2D eigenvalue weighted by Crippen LogP contribution is -2.31. The summed E-state index contributed by atoms with van der Waals surface area (Å²) in [4.78, 5) is 33.0. The number of fused-ring (bicyclic) bond motifs is 1. The molecular formula is C23H23N3O5S. The van der Waals surface area contributed by atoms with Gasteiger partial charge >= 0.3 is 0 Å². The van der Waals surface area contributed by atoms with Crippen LogP contribution in [0.2, 0.25) is 0 Å². The summed E-state index contributed by atoms with van der Waals surface area (Å²) in [7, 11) is 4.55. The molecule has 1 unspecified atom stereocenters. The van der Waals surface area contributed by atoms with E-state index in [2.05, 4.69) is 15.3 Å². The van der Waals surface area contributed by atoms with Gasteiger partial charge in [-0.3, -0.25) is 9.59 Å². The van der Waals surface area contributed by atoms with Crippen LogP contribution in [0, 0.1) is 0 Å². The van der Waals surface area contributed by atoms with E-state index in [-0.39, 0.29) is 23.7 Å². The van der Waals surface area contributed by atoms with Crippen molar-refractivity contribution < 1.29 is 19.0 Å². The molecule has 0 saturated carbocycles. The third-order valence-electron chi connectivity index (χ3n) is 5.26. The number of methoxy groups -OCH3 is 3. The van der Waals surface area contributed by atoms with Gasteiger partial charge in [-0.25, -0.2) is 4.98 Å². The van der Waals surface area contributed by atoms with Crippen LogP contribution in [-0.4, -0.2) is 37.2 Å². The molecule has 9 heteroatoms. The van der Waals surface area contributed by atoms with Crippen molar-refractivity contribution >= 4 is 23.5 Å². The number of H-pyrrole nitrogens is 1. The molecule has 8 nitrogen and oxygen atoms in total. The Morgan fingerprint density at radius 2 is 1.75 bits per heavy atom. The minimum atomic E-state index is -0.544. The van der Waals surface area contributed by atoms with Crippen LogP contribution in [0.25, 0.3) is 0 Å². The van der Waals surface area contributed by atoms with Crippen molar-refractivity contribution in [3.8, 4) is 17.2 Å². The Labute approximate surface area is 189 Å². The fraction of sp³-hybridized carbons (Fsp3) is 0.261. The smallest absolute Gasteiger partial charge is 0.257 e. The quantitative estimate of drug-likeness (QED) is 0.416. The van der Waals surface area contributed by atoms with Crippen LogP contribution in [0.5, 0.6) is 17.2 Å². The fourth-order valence-corrected chi connectivity index (χ4v) is 4.63. The number of carbonyl (C=O) groups excluding carboxylic acids is 1. The van der Waals surface area contributed by atoms with E-state index in [1.54, 1.807) is 12.1 Å². The molecular weight excluding hydrogens is 430 g/mol. The Balaban J connectivity index is 1.74. The Hall–Kier alpha value is -3.46. The van der Waals surface area contributed by atoms with Gasteiger partial charge in [0.25, 0.3) is 5.56 Å². The van der Waals surface area contributed by atoms with Crippen LogP contribution in [0.3, 0.4) is 0 Å². The van der Waals surface area contributed by atoms with Gasteiger partial charge in [-0.1, -0.05) is 48.2 Å². The molecule has 1 amide bonds. The van der Waals surface area contributed by atoms with Crippen LogP contribution in [0.1, 0.15) is 29.0 Å². The number of ether oxygens (including phenoxy) is 3. The molecule has 2 N–H and O–H groups in total. The molecule has 0 aliphatic carbocycles. The first kappa shape index (κ1) is 21.8. The second kappa shape index (κ2) is 9.35. The molecule has 0 spiro atoms. The van der Waals surface area contributed by atoms with Gasteiger partial charge in [-0.2, -0.15) is 0 Å². The van der Waals surface area contributed by atoms with E-state index in [0.717, 1.165) is 5.56 Å². The van der Waals surface area contributed by atoms with Crippen molar-refractivity contribution in [3.63, 3.8) is 0 Å². The zero-order valence-electron chi connectivity index (χ0n) is 17.9. The van der Waals surface area contributed by atoms with E-state index < -0.39 is 5.92 Å². The lowest BCUT2D eigenvalue weighted by Gasteiger charge is -2.26. The van der Waals surface area contributed by atoms with Crippen LogP contribution < -0.4 is 25.1 Å². The van der Waals surface area contributed by atoms with E-state index in [9.17, 15) is 9.59 Å². The van der Waals surface area contributed by atoms with Crippen LogP contribution >= 0.6 is 11.8 Å². The summed E-state index contributed by atoms with van der Waals surface area (Å²) in [5.41, 5.74) is 1.85. The zero-order chi connectivity index (χ0) is 22.7. The number of benzene rings is 2. The van der Waals surface area contributed by atoms with Crippen molar-refractivity contribution in [2.75, 3.05) is 26.6 Å². The van der Waals surface area contributed by atoms with Gasteiger partial charge in [-0.05, 0) is 11.6 Å². The fourth-order valence-electron chi connectivity index (χ4n) is 3.81. The zero-order valence-corrected chi connectivity index (χ0v) is 18.7. The lowest BCUT2D eigenvalue weighted by atomic mass is 9.86. The number of hydrogen-bond donors (Lipinski definition) is 2. The summed E-state index contributed by atoms with van der Waals surface area (Å²) in [6.07, 6.45) is 0.0834. The van der Waals surface area contributed by atoms with Gasteiger partial charge in [0.15, 0.2) is 16.7 Å². The second-order valence-corrected chi connectivity index (χ2v) is 8.10. The number of amides is 1. The Bertz CT molecular complexity index is 1200. The number of thioether (sulfide) groups is 1. The maximum Gasteiger partial charge on any atom is 0.257 e. The molecule has 0 fully saturated rings. The maximum absolute atomic E-state index is 13.1. The summed E-state index contributed by atoms with van der Waals surface area (Å²) in [6.45, 7) is 0. The average molecular weight is 454 g/mol. The maximum atomic E-state index is 13.1. The predicted molar refractivity (Wildman–Crippen MR) is 122 cm³/mol. The molecule has 0 saturated heterocycles. The van der Waals surface area contributed by atoms with E-state index in [1.165, 1.54) is 33.1 Å². The molecule has 4 rings (SSSR count). The molecule has 1 atom stereocenters. The normalized spacial score (nSPS) is 15.0. The van der Waals surface area contributed by atoms with Gasteiger partial charge < -0.3 is 24.5 Å². The molecule has 0 radical (unpaired) electrons. The number of nitrogens with zero attached hydrogens (tertiary/aromatic N) is 1. The Morgan fingerprint density at radius 1 is 1.00 bits per heavy atom. The minimum absolute atomic E-state index is 0.0834. The van der Waals surface area contributed by atoms with Crippen LogP contribution in [0.15, 0.2) is 52.4 Å². The van der Waals surface area contributed by atoms with E-state index in [4.69, 9.17) is 14.2 Å². The number of aromatic nitrogens is 2. The first-order valence-electron chi connectivity index (χ1n) is 9.95. The van der Waals surface area contributed by atoms with Crippen molar-refractivity contribution in [3.05, 3.63) is 69.5 Å². The molecule has 0 bridgehead atoms. The molecule has 1 aromatic heterocycles. The molecule has 3 aromatic rings. The van der Waals surface area contributed by atoms with Crippen LogP contribution in [-0.2, 0) is 10.5 Å². The topological polar surface area (TPSA) is 103 Å². The van der Waals surface area contributed by atoms with Gasteiger partial charge in [0.05, 0.1) is 26.9 Å². The lowest BCUT2D eigenvalue weighted by molar-refractivity contribution is -0.116. The van der Waals surface area contributed by atoms with Gasteiger partial charge in [0, 0.05) is 23.7 Å². The molecule has 32 heavy (non-hydrogen) atoms. The van der Waals surface area contributed by atoms with E-state index in [0.29, 0.717) is 39.3 Å². The first-order chi connectivity index (χ1) is 15.5. The highest BCUT2D eigenvalue weighted by Crippen LogP contribution is 2.46. The van der Waals surface area contributed by atoms with Crippen molar-refractivity contribution in [2.24, 2.45) is 0 Å². The number of anilines is 1. The number of rotatable bonds is 7. The van der Waals surface area contributed by atoms with E-state index in [1.807, 2.05) is 30.3 Å². The number of aromatic amines is 1. The number of nitrogens with one attached hydrogen (secondary N) is 2. The summed E-state index contributed by atoms with van der Waals surface area (Å²) >= 11 is 1.40. The first-order valence-corrected chi connectivity index (χ1v) is 10.9.